The minimum Gasteiger partial charge on any atom is -0.465 e. The molecule has 0 unspecified atom stereocenters. The molecule has 0 amide bonds. The third-order valence-corrected chi connectivity index (χ3v) is 4.76. The molecule has 1 rings (SSSR count). The van der Waals surface area contributed by atoms with Gasteiger partial charge in [0.1, 0.15) is 0 Å². The van der Waals surface area contributed by atoms with Gasteiger partial charge in [-0.05, 0) is 34.1 Å². The van der Waals surface area contributed by atoms with Crippen molar-refractivity contribution in [2.45, 2.75) is 59.8 Å². The van der Waals surface area contributed by atoms with E-state index in [0.717, 1.165) is 0 Å². The number of esters is 4. The van der Waals surface area contributed by atoms with Gasteiger partial charge in [0.05, 0.1) is 26.4 Å². The van der Waals surface area contributed by atoms with Crippen molar-refractivity contribution >= 4 is 23.9 Å². The molecule has 1 aliphatic rings. The number of carbonyl (C=O) groups is 4. The minimum absolute atomic E-state index is 0.0398. The van der Waals surface area contributed by atoms with E-state index in [1.165, 1.54) is 0 Å². The lowest BCUT2D eigenvalue weighted by Gasteiger charge is -2.26. The molecule has 0 aromatic carbocycles. The number of ether oxygens (including phenoxy) is 4. The molecule has 0 N–H and O–H groups in total. The van der Waals surface area contributed by atoms with Crippen LogP contribution in [0.3, 0.4) is 0 Å². The van der Waals surface area contributed by atoms with Crippen LogP contribution in [0.25, 0.3) is 0 Å². The predicted octanol–water partition coefficient (Wildman–Crippen LogP) is 2.18. The number of carbonyl (C=O) groups excluding carboxylic acids is 4. The molecule has 0 aromatic rings. The average molecular weight is 434 g/mol. The summed E-state index contributed by atoms with van der Waals surface area (Å²) in [5.74, 6) is 8.20. The van der Waals surface area contributed by atoms with Gasteiger partial charge in [-0.15, -0.1) is 23.7 Å². The number of hydrogen-bond acceptors (Lipinski definition) is 8. The van der Waals surface area contributed by atoms with Crippen molar-refractivity contribution in [2.75, 3.05) is 26.4 Å². The van der Waals surface area contributed by atoms with Crippen LogP contribution in [-0.2, 0) is 38.1 Å². The van der Waals surface area contributed by atoms with Gasteiger partial charge in [0.2, 0.25) is 0 Å². The van der Waals surface area contributed by atoms with Crippen LogP contribution in [0, 0.1) is 34.5 Å². The van der Waals surface area contributed by atoms with Gasteiger partial charge in [0.25, 0.3) is 0 Å². The molecule has 0 fully saturated rings. The van der Waals surface area contributed by atoms with Gasteiger partial charge < -0.3 is 18.9 Å². The fraction of sp³-hybridized carbons (Fsp3) is 0.652. The first-order chi connectivity index (χ1) is 14.8. The zero-order valence-corrected chi connectivity index (χ0v) is 18.6. The predicted molar refractivity (Wildman–Crippen MR) is 110 cm³/mol. The highest BCUT2D eigenvalue weighted by Gasteiger charge is 2.50. The van der Waals surface area contributed by atoms with Crippen LogP contribution in [0.5, 0.6) is 0 Å². The maximum Gasteiger partial charge on any atom is 0.325 e. The van der Waals surface area contributed by atoms with Gasteiger partial charge in [-0.25, -0.2) is 0 Å². The van der Waals surface area contributed by atoms with E-state index in [2.05, 4.69) is 23.7 Å². The molecule has 8 nitrogen and oxygen atoms in total. The van der Waals surface area contributed by atoms with Crippen LogP contribution in [0.1, 0.15) is 59.8 Å². The topological polar surface area (TPSA) is 105 Å². The normalized spacial score (nSPS) is 16.6. The van der Waals surface area contributed by atoms with E-state index in [0.29, 0.717) is 0 Å². The second-order valence-corrected chi connectivity index (χ2v) is 6.78. The van der Waals surface area contributed by atoms with Gasteiger partial charge in [-0.1, -0.05) is 0 Å². The lowest BCUT2D eigenvalue weighted by molar-refractivity contribution is -0.173. The van der Waals surface area contributed by atoms with E-state index >= 15 is 0 Å². The number of hydrogen-bond donors (Lipinski definition) is 0. The molecule has 170 valence electrons. The molecule has 0 saturated carbocycles. The molecule has 0 heterocycles. The molecule has 8 heteroatoms. The average Bonchev–Trinajstić information content (AvgIpc) is 2.78. The van der Waals surface area contributed by atoms with E-state index < -0.39 is 34.7 Å². The summed E-state index contributed by atoms with van der Waals surface area (Å²) >= 11 is 0. The van der Waals surface area contributed by atoms with E-state index in [1.54, 1.807) is 27.7 Å². The van der Waals surface area contributed by atoms with Crippen molar-refractivity contribution in [3.05, 3.63) is 0 Å². The fourth-order valence-corrected chi connectivity index (χ4v) is 3.04. The smallest absolute Gasteiger partial charge is 0.325 e. The Hall–Kier alpha value is -3.00. The van der Waals surface area contributed by atoms with Crippen LogP contribution in [-0.4, -0.2) is 50.3 Å². The second kappa shape index (κ2) is 12.6. The summed E-state index contributed by atoms with van der Waals surface area (Å²) in [7, 11) is 0. The van der Waals surface area contributed by atoms with Crippen LogP contribution in [0.2, 0.25) is 0 Å². The zero-order valence-electron chi connectivity index (χ0n) is 18.6. The molecular weight excluding hydrogens is 404 g/mol. The summed E-state index contributed by atoms with van der Waals surface area (Å²) in [5.41, 5.74) is -3.33. The maximum atomic E-state index is 12.7. The summed E-state index contributed by atoms with van der Waals surface area (Å²) in [6, 6.07) is 0. The summed E-state index contributed by atoms with van der Waals surface area (Å²) in [5, 5.41) is 0. The Labute approximate surface area is 183 Å². The highest BCUT2D eigenvalue weighted by atomic mass is 16.6. The van der Waals surface area contributed by atoms with Crippen molar-refractivity contribution in [3.8, 4) is 23.7 Å². The summed E-state index contributed by atoms with van der Waals surface area (Å²) in [4.78, 5) is 50.8. The summed E-state index contributed by atoms with van der Waals surface area (Å²) < 4.78 is 20.5. The van der Waals surface area contributed by atoms with Gasteiger partial charge in [-0.3, -0.25) is 19.2 Å². The van der Waals surface area contributed by atoms with Crippen LogP contribution in [0.4, 0.5) is 0 Å². The van der Waals surface area contributed by atoms with Crippen molar-refractivity contribution < 1.29 is 38.1 Å². The Balaban J connectivity index is 3.42. The third-order valence-electron chi connectivity index (χ3n) is 4.76. The van der Waals surface area contributed by atoms with Crippen LogP contribution < -0.4 is 0 Å². The summed E-state index contributed by atoms with van der Waals surface area (Å²) in [6.45, 7) is 6.88. The van der Waals surface area contributed by atoms with Gasteiger partial charge in [-0.2, -0.15) is 0 Å². The van der Waals surface area contributed by atoms with E-state index in [4.69, 9.17) is 18.9 Å². The SMILES string of the molecule is CCOC(=O)C1(C(=O)OCC)CC#CCCC(C(=O)OCC)(C(=O)OCC)CC#CC1. The first kappa shape index (κ1) is 26.0. The van der Waals surface area contributed by atoms with Crippen molar-refractivity contribution in [2.24, 2.45) is 10.8 Å². The van der Waals surface area contributed by atoms with Gasteiger partial charge in [0, 0.05) is 25.7 Å². The largest absolute Gasteiger partial charge is 0.465 e. The highest BCUT2D eigenvalue weighted by molar-refractivity contribution is 6.01. The fourth-order valence-electron chi connectivity index (χ4n) is 3.04. The Morgan fingerprint density at radius 1 is 0.581 bits per heavy atom. The molecule has 0 aromatic heterocycles. The van der Waals surface area contributed by atoms with E-state index in [9.17, 15) is 19.2 Å². The first-order valence-electron chi connectivity index (χ1n) is 10.4. The lowest BCUT2D eigenvalue weighted by Crippen LogP contribution is -2.42. The third kappa shape index (κ3) is 6.24. The minimum atomic E-state index is -1.70. The lowest BCUT2D eigenvalue weighted by atomic mass is 9.79. The molecule has 0 aliphatic heterocycles. The Bertz CT molecular complexity index is 754. The van der Waals surface area contributed by atoms with E-state index in [1.807, 2.05) is 0 Å². The molecular formula is C23H30O8. The van der Waals surface area contributed by atoms with Crippen LogP contribution >= 0.6 is 0 Å². The van der Waals surface area contributed by atoms with Crippen LogP contribution in [0.15, 0.2) is 0 Å². The van der Waals surface area contributed by atoms with Crippen molar-refractivity contribution in [1.82, 2.24) is 0 Å². The molecule has 31 heavy (non-hydrogen) atoms. The highest BCUT2D eigenvalue weighted by Crippen LogP contribution is 2.34. The Morgan fingerprint density at radius 2 is 0.903 bits per heavy atom. The number of rotatable bonds is 8. The van der Waals surface area contributed by atoms with Gasteiger partial charge >= 0.3 is 23.9 Å². The van der Waals surface area contributed by atoms with Gasteiger partial charge in [0.15, 0.2) is 10.8 Å². The maximum absolute atomic E-state index is 12.7. The van der Waals surface area contributed by atoms with Crippen molar-refractivity contribution in [1.29, 1.82) is 0 Å². The first-order valence-corrected chi connectivity index (χ1v) is 10.4. The molecule has 0 radical (unpaired) electrons. The van der Waals surface area contributed by atoms with Crippen molar-refractivity contribution in [3.63, 3.8) is 0 Å². The standard InChI is InChI=1S/C23H30O8/c1-5-28-18(24)22(19(25)29-6-2)14-10-9-11-15-23(17-13-12-16-22,20(26)30-7-3)21(27)31-8-4/h5-8,10,14-17H2,1-4H3. The second-order valence-electron chi connectivity index (χ2n) is 6.78. The monoisotopic (exact) mass is 434 g/mol. The Kier molecular flexibility index (Phi) is 10.6. The quantitative estimate of drug-likeness (QED) is 0.248. The molecule has 0 atom stereocenters. The molecule has 1 aliphatic carbocycles. The summed E-state index contributed by atoms with van der Waals surface area (Å²) in [6.07, 6.45) is -0.375. The van der Waals surface area contributed by atoms with E-state index in [-0.39, 0.29) is 58.5 Å². The molecule has 0 bridgehead atoms. The zero-order chi connectivity index (χ0) is 23.3. The molecule has 0 spiro atoms. The Morgan fingerprint density at radius 3 is 1.29 bits per heavy atom. The molecule has 0 saturated heterocycles.